The zero-order chi connectivity index (χ0) is 7.78. The van der Waals surface area contributed by atoms with E-state index in [4.69, 9.17) is 0 Å². The lowest BCUT2D eigenvalue weighted by Crippen LogP contribution is -2.33. The summed E-state index contributed by atoms with van der Waals surface area (Å²) in [5.74, 6) is -0.0189. The van der Waals surface area contributed by atoms with Crippen molar-refractivity contribution in [3.05, 3.63) is 0 Å². The normalized spacial score (nSPS) is 32.1. The molecule has 5 heteroatoms. The first-order chi connectivity index (χ1) is 4.51. The maximum atomic E-state index is 10.8. The standard InChI is InChI=1S/C5H7BrO3S/c6-4-3-10(8,9)2-1-5(4)7/h4H,1-3H2. The van der Waals surface area contributed by atoms with Crippen LogP contribution in [-0.2, 0) is 14.6 Å². The Kier molecular flexibility index (Phi) is 2.15. The van der Waals surface area contributed by atoms with Crippen molar-refractivity contribution in [2.45, 2.75) is 11.2 Å². The Morgan fingerprint density at radius 3 is 2.50 bits per heavy atom. The van der Waals surface area contributed by atoms with Gasteiger partial charge in [-0.25, -0.2) is 8.42 Å². The molecule has 0 spiro atoms. The van der Waals surface area contributed by atoms with E-state index in [1.54, 1.807) is 0 Å². The average Bonchev–Trinajstić information content (AvgIpc) is 1.79. The largest absolute Gasteiger partial charge is 0.298 e. The van der Waals surface area contributed by atoms with E-state index in [2.05, 4.69) is 15.9 Å². The van der Waals surface area contributed by atoms with Crippen molar-refractivity contribution in [3.63, 3.8) is 0 Å². The van der Waals surface area contributed by atoms with Crippen molar-refractivity contribution in [3.8, 4) is 0 Å². The van der Waals surface area contributed by atoms with Crippen molar-refractivity contribution in [2.24, 2.45) is 0 Å². The highest BCUT2D eigenvalue weighted by atomic mass is 79.9. The number of hydrogen-bond donors (Lipinski definition) is 0. The summed E-state index contributed by atoms with van der Waals surface area (Å²) < 4.78 is 21.6. The number of hydrogen-bond acceptors (Lipinski definition) is 3. The van der Waals surface area contributed by atoms with Crippen molar-refractivity contribution in [1.29, 1.82) is 0 Å². The lowest BCUT2D eigenvalue weighted by Gasteiger charge is -2.14. The fourth-order valence-corrected chi connectivity index (χ4v) is 3.56. The molecule has 1 fully saturated rings. The molecule has 1 atom stereocenters. The zero-order valence-electron chi connectivity index (χ0n) is 5.21. The molecular weight excluding hydrogens is 220 g/mol. The van der Waals surface area contributed by atoms with E-state index >= 15 is 0 Å². The van der Waals surface area contributed by atoms with Crippen LogP contribution in [0.5, 0.6) is 0 Å². The molecule has 0 aliphatic carbocycles. The van der Waals surface area contributed by atoms with Gasteiger partial charge in [0.2, 0.25) is 0 Å². The molecule has 0 aromatic rings. The van der Waals surface area contributed by atoms with Crippen LogP contribution in [0.1, 0.15) is 6.42 Å². The minimum atomic E-state index is -2.93. The minimum absolute atomic E-state index is 0.00479. The van der Waals surface area contributed by atoms with E-state index in [1.807, 2.05) is 0 Å². The second-order valence-electron chi connectivity index (χ2n) is 2.30. The molecule has 1 saturated heterocycles. The molecule has 0 bridgehead atoms. The third kappa shape index (κ3) is 1.79. The summed E-state index contributed by atoms with van der Waals surface area (Å²) in [5.41, 5.74) is 0. The molecule has 0 saturated carbocycles. The predicted molar refractivity (Wildman–Crippen MR) is 41.0 cm³/mol. The molecule has 1 aliphatic rings. The van der Waals surface area contributed by atoms with Crippen LogP contribution in [0.2, 0.25) is 0 Å². The number of alkyl halides is 1. The topological polar surface area (TPSA) is 51.2 Å². The molecule has 0 amide bonds. The highest BCUT2D eigenvalue weighted by molar-refractivity contribution is 9.10. The van der Waals surface area contributed by atoms with E-state index in [0.717, 1.165) is 0 Å². The number of carbonyl (C=O) groups is 1. The smallest absolute Gasteiger partial charge is 0.152 e. The first kappa shape index (κ1) is 8.20. The lowest BCUT2D eigenvalue weighted by molar-refractivity contribution is -0.117. The van der Waals surface area contributed by atoms with Gasteiger partial charge in [0.25, 0.3) is 0 Å². The second-order valence-corrected chi connectivity index (χ2v) is 5.63. The van der Waals surface area contributed by atoms with Gasteiger partial charge in [-0.2, -0.15) is 0 Å². The summed E-state index contributed by atoms with van der Waals surface area (Å²) in [5, 5.41) is 0. The van der Waals surface area contributed by atoms with E-state index in [-0.39, 0.29) is 23.7 Å². The van der Waals surface area contributed by atoms with Crippen LogP contribution in [0.25, 0.3) is 0 Å². The van der Waals surface area contributed by atoms with E-state index in [1.165, 1.54) is 0 Å². The molecule has 1 unspecified atom stereocenters. The minimum Gasteiger partial charge on any atom is -0.298 e. The van der Waals surface area contributed by atoms with Crippen molar-refractivity contribution in [2.75, 3.05) is 11.5 Å². The molecule has 0 aromatic carbocycles. The number of halogens is 1. The van der Waals surface area contributed by atoms with Crippen LogP contribution in [0, 0.1) is 0 Å². The van der Waals surface area contributed by atoms with Gasteiger partial charge in [-0.05, 0) is 0 Å². The van der Waals surface area contributed by atoms with Gasteiger partial charge < -0.3 is 0 Å². The number of ketones is 1. The maximum absolute atomic E-state index is 10.8. The van der Waals surface area contributed by atoms with Gasteiger partial charge in [0.05, 0.1) is 16.3 Å². The molecule has 1 rings (SSSR count). The molecule has 1 heterocycles. The molecule has 3 nitrogen and oxygen atoms in total. The third-order valence-corrected chi connectivity index (χ3v) is 4.34. The number of sulfone groups is 1. The number of carbonyl (C=O) groups excluding carboxylic acids is 1. The Balaban J connectivity index is 2.76. The van der Waals surface area contributed by atoms with Gasteiger partial charge in [-0.3, -0.25) is 4.79 Å². The van der Waals surface area contributed by atoms with Gasteiger partial charge in [0.1, 0.15) is 5.78 Å². The summed E-state index contributed by atoms with van der Waals surface area (Å²) in [6, 6.07) is 0. The second kappa shape index (κ2) is 2.62. The molecule has 0 aromatic heterocycles. The van der Waals surface area contributed by atoms with E-state index in [0.29, 0.717) is 0 Å². The van der Waals surface area contributed by atoms with Crippen LogP contribution in [0.4, 0.5) is 0 Å². The third-order valence-electron chi connectivity index (χ3n) is 1.41. The highest BCUT2D eigenvalue weighted by Crippen LogP contribution is 2.14. The van der Waals surface area contributed by atoms with Crippen LogP contribution in [0.3, 0.4) is 0 Å². The Hall–Kier alpha value is 0.1000. The Morgan fingerprint density at radius 1 is 1.50 bits per heavy atom. The van der Waals surface area contributed by atoms with Gasteiger partial charge in [0.15, 0.2) is 9.84 Å². The van der Waals surface area contributed by atoms with Crippen molar-refractivity contribution < 1.29 is 13.2 Å². The first-order valence-electron chi connectivity index (χ1n) is 2.88. The Morgan fingerprint density at radius 2 is 2.10 bits per heavy atom. The van der Waals surface area contributed by atoms with Gasteiger partial charge in [-0.1, -0.05) is 15.9 Å². The number of rotatable bonds is 0. The van der Waals surface area contributed by atoms with Crippen LogP contribution in [-0.4, -0.2) is 30.5 Å². The first-order valence-corrected chi connectivity index (χ1v) is 5.62. The fourth-order valence-electron chi connectivity index (χ4n) is 0.812. The zero-order valence-corrected chi connectivity index (χ0v) is 7.61. The van der Waals surface area contributed by atoms with Gasteiger partial charge in [0, 0.05) is 6.42 Å². The summed E-state index contributed by atoms with van der Waals surface area (Å²) in [6.45, 7) is 0. The molecule has 1 aliphatic heterocycles. The fraction of sp³-hybridized carbons (Fsp3) is 0.800. The number of Topliss-reactive ketones (excluding diaryl/α,β-unsaturated/α-hetero) is 1. The molecule has 0 N–H and O–H groups in total. The van der Waals surface area contributed by atoms with Gasteiger partial charge in [-0.15, -0.1) is 0 Å². The molecular formula is C5H7BrO3S. The molecule has 10 heavy (non-hydrogen) atoms. The van der Waals surface area contributed by atoms with Crippen LogP contribution < -0.4 is 0 Å². The Labute approximate surface area is 67.8 Å². The quantitative estimate of drug-likeness (QED) is 0.553. The monoisotopic (exact) mass is 226 g/mol. The predicted octanol–water partition coefficient (Wildman–Crippen LogP) is 0.138. The average molecular weight is 227 g/mol. The van der Waals surface area contributed by atoms with Crippen LogP contribution in [0.15, 0.2) is 0 Å². The summed E-state index contributed by atoms with van der Waals surface area (Å²) in [4.78, 5) is 10.3. The summed E-state index contributed by atoms with van der Waals surface area (Å²) in [6.07, 6.45) is 0.165. The highest BCUT2D eigenvalue weighted by Gasteiger charge is 2.29. The van der Waals surface area contributed by atoms with E-state index < -0.39 is 14.7 Å². The van der Waals surface area contributed by atoms with Crippen molar-refractivity contribution >= 4 is 31.6 Å². The molecule has 0 radical (unpaired) electrons. The maximum Gasteiger partial charge on any atom is 0.152 e. The SMILES string of the molecule is O=C1CCS(=O)(=O)CC1Br. The Bertz CT molecular complexity index is 244. The summed E-state index contributed by atoms with van der Waals surface area (Å²) in [7, 11) is -2.93. The molecule has 58 valence electrons. The van der Waals surface area contributed by atoms with Crippen LogP contribution >= 0.6 is 15.9 Å². The summed E-state index contributed by atoms with van der Waals surface area (Å²) >= 11 is 3.00. The van der Waals surface area contributed by atoms with Crippen molar-refractivity contribution in [1.82, 2.24) is 0 Å². The lowest BCUT2D eigenvalue weighted by atomic mass is 10.2. The van der Waals surface area contributed by atoms with E-state index in [9.17, 15) is 13.2 Å². The van der Waals surface area contributed by atoms with Gasteiger partial charge >= 0.3 is 0 Å².